The molecule has 0 aliphatic rings. The molecule has 1 unspecified atom stereocenters. The third-order valence-corrected chi connectivity index (χ3v) is 2.09. The molecule has 0 bridgehead atoms. The molecule has 1 rings (SSSR count). The summed E-state index contributed by atoms with van der Waals surface area (Å²) in [5.41, 5.74) is 0.120. The molecule has 1 aromatic carbocycles. The molecule has 0 aliphatic heterocycles. The smallest absolute Gasteiger partial charge is 0.257 e. The maximum Gasteiger partial charge on any atom is 0.257 e. The molecule has 0 radical (unpaired) electrons. The summed E-state index contributed by atoms with van der Waals surface area (Å²) in [7, 11) is 2.75. The largest absolute Gasteiger partial charge is 0.496 e. The number of benzene rings is 1. The molecule has 0 aliphatic carbocycles. The Balaban J connectivity index is 3.13. The molecular formula is C10H12F3NO. The zero-order chi connectivity index (χ0) is 11.4. The molecule has 0 fully saturated rings. The first-order valence-corrected chi connectivity index (χ1v) is 4.39. The van der Waals surface area contributed by atoms with Crippen molar-refractivity contribution >= 4 is 0 Å². The van der Waals surface area contributed by atoms with Crippen molar-refractivity contribution in [2.24, 2.45) is 0 Å². The Bertz CT molecular complexity index is 330. The zero-order valence-electron chi connectivity index (χ0n) is 8.43. The summed E-state index contributed by atoms with van der Waals surface area (Å²) in [6, 6.07) is 2.32. The van der Waals surface area contributed by atoms with E-state index >= 15 is 0 Å². The molecule has 2 nitrogen and oxygen atoms in total. The Labute approximate surface area is 86.1 Å². The van der Waals surface area contributed by atoms with Crippen LogP contribution in [0.25, 0.3) is 0 Å². The minimum atomic E-state index is -2.62. The fourth-order valence-corrected chi connectivity index (χ4v) is 1.37. The normalized spacial score (nSPS) is 12.9. The Morgan fingerprint density at radius 3 is 2.47 bits per heavy atom. The molecule has 1 aromatic rings. The van der Waals surface area contributed by atoms with Crippen LogP contribution in [0.15, 0.2) is 18.2 Å². The summed E-state index contributed by atoms with van der Waals surface area (Å²) in [4.78, 5) is 0. The van der Waals surface area contributed by atoms with Crippen LogP contribution in [-0.4, -0.2) is 20.6 Å². The van der Waals surface area contributed by atoms with Gasteiger partial charge in [0.15, 0.2) is 0 Å². The molecule has 5 heteroatoms. The predicted octanol–water partition coefficient (Wildman–Crippen LogP) is 2.36. The summed E-state index contributed by atoms with van der Waals surface area (Å²) < 4.78 is 43.0. The van der Waals surface area contributed by atoms with Crippen LogP contribution in [0.5, 0.6) is 5.75 Å². The van der Waals surface area contributed by atoms with Gasteiger partial charge in [-0.15, -0.1) is 0 Å². The molecule has 15 heavy (non-hydrogen) atoms. The van der Waals surface area contributed by atoms with Gasteiger partial charge in [0, 0.05) is 5.56 Å². The Kier molecular flexibility index (Phi) is 3.96. The second-order valence-corrected chi connectivity index (χ2v) is 2.99. The first-order valence-electron chi connectivity index (χ1n) is 4.39. The zero-order valence-corrected chi connectivity index (χ0v) is 8.43. The van der Waals surface area contributed by atoms with E-state index in [-0.39, 0.29) is 11.3 Å². The molecule has 0 saturated heterocycles. The van der Waals surface area contributed by atoms with Crippen LogP contribution < -0.4 is 10.1 Å². The molecule has 1 N–H and O–H groups in total. The van der Waals surface area contributed by atoms with Gasteiger partial charge >= 0.3 is 0 Å². The molecule has 84 valence electrons. The van der Waals surface area contributed by atoms with E-state index in [1.54, 1.807) is 0 Å². The minimum absolute atomic E-state index is 0.120. The highest BCUT2D eigenvalue weighted by Gasteiger charge is 2.24. The van der Waals surface area contributed by atoms with Crippen molar-refractivity contribution in [3.05, 3.63) is 29.6 Å². The van der Waals surface area contributed by atoms with Crippen molar-refractivity contribution in [2.75, 3.05) is 14.2 Å². The van der Waals surface area contributed by atoms with Gasteiger partial charge in [-0.1, -0.05) is 0 Å². The van der Waals surface area contributed by atoms with E-state index in [1.165, 1.54) is 26.3 Å². The predicted molar refractivity (Wildman–Crippen MR) is 50.8 cm³/mol. The second kappa shape index (κ2) is 5.02. The van der Waals surface area contributed by atoms with Crippen molar-refractivity contribution in [1.82, 2.24) is 5.32 Å². The highest BCUT2D eigenvalue weighted by molar-refractivity contribution is 5.36. The lowest BCUT2D eigenvalue weighted by Crippen LogP contribution is -2.24. The Morgan fingerprint density at radius 1 is 1.33 bits per heavy atom. The third kappa shape index (κ3) is 2.62. The topological polar surface area (TPSA) is 21.3 Å². The molecule has 0 heterocycles. The summed E-state index contributed by atoms with van der Waals surface area (Å²) in [5, 5.41) is 2.42. The van der Waals surface area contributed by atoms with E-state index < -0.39 is 18.3 Å². The van der Waals surface area contributed by atoms with Crippen LogP contribution in [0.3, 0.4) is 0 Å². The summed E-state index contributed by atoms with van der Waals surface area (Å²) in [6.07, 6.45) is -2.62. The first kappa shape index (κ1) is 11.8. The molecule has 0 amide bonds. The van der Waals surface area contributed by atoms with E-state index in [9.17, 15) is 13.2 Å². The van der Waals surface area contributed by atoms with Crippen LogP contribution >= 0.6 is 0 Å². The van der Waals surface area contributed by atoms with Gasteiger partial charge in [-0.25, -0.2) is 13.2 Å². The lowest BCUT2D eigenvalue weighted by Gasteiger charge is -2.18. The van der Waals surface area contributed by atoms with Crippen molar-refractivity contribution < 1.29 is 17.9 Å². The summed E-state index contributed by atoms with van der Waals surface area (Å²) in [5.74, 6) is -0.317. The average Bonchev–Trinajstić information content (AvgIpc) is 2.18. The van der Waals surface area contributed by atoms with Crippen molar-refractivity contribution in [1.29, 1.82) is 0 Å². The number of hydrogen-bond donors (Lipinski definition) is 1. The summed E-state index contributed by atoms with van der Waals surface area (Å²) >= 11 is 0. The monoisotopic (exact) mass is 219 g/mol. The maximum atomic E-state index is 12.9. The lowest BCUT2D eigenvalue weighted by atomic mass is 10.1. The van der Waals surface area contributed by atoms with Crippen molar-refractivity contribution in [2.45, 2.75) is 12.5 Å². The highest BCUT2D eigenvalue weighted by Crippen LogP contribution is 2.29. The number of hydrogen-bond acceptors (Lipinski definition) is 2. The Morgan fingerprint density at radius 2 is 2.00 bits per heavy atom. The number of alkyl halides is 2. The standard InChI is InChI=1S/C10H12F3NO/c1-14-9(10(12)13)7-5-6(11)3-4-8(7)15-2/h3-5,9-10,14H,1-2H3. The second-order valence-electron chi connectivity index (χ2n) is 2.99. The number of ether oxygens (including phenoxy) is 1. The van der Waals surface area contributed by atoms with Gasteiger partial charge in [-0.2, -0.15) is 0 Å². The van der Waals surface area contributed by atoms with Gasteiger partial charge in [0.05, 0.1) is 13.2 Å². The fraction of sp³-hybridized carbons (Fsp3) is 0.400. The molecule has 0 aromatic heterocycles. The number of methoxy groups -OCH3 is 1. The average molecular weight is 219 g/mol. The number of halogens is 3. The highest BCUT2D eigenvalue weighted by atomic mass is 19.3. The number of rotatable bonds is 4. The fourth-order valence-electron chi connectivity index (χ4n) is 1.37. The van der Waals surface area contributed by atoms with Crippen LogP contribution in [0, 0.1) is 5.82 Å². The minimum Gasteiger partial charge on any atom is -0.496 e. The quantitative estimate of drug-likeness (QED) is 0.839. The van der Waals surface area contributed by atoms with Gasteiger partial charge in [-0.05, 0) is 25.2 Å². The van der Waals surface area contributed by atoms with Crippen molar-refractivity contribution in [3.8, 4) is 5.75 Å². The molecule has 1 atom stereocenters. The van der Waals surface area contributed by atoms with E-state index in [0.717, 1.165) is 6.07 Å². The molecule has 0 saturated carbocycles. The molecule has 0 spiro atoms. The van der Waals surface area contributed by atoms with E-state index in [2.05, 4.69) is 5.32 Å². The number of nitrogens with one attached hydrogen (secondary N) is 1. The SMILES string of the molecule is CNC(c1cc(F)ccc1OC)C(F)F. The van der Waals surface area contributed by atoms with E-state index in [1.807, 2.05) is 0 Å². The maximum absolute atomic E-state index is 12.9. The first-order chi connectivity index (χ1) is 7.10. The van der Waals surface area contributed by atoms with Gasteiger partial charge in [0.2, 0.25) is 0 Å². The lowest BCUT2D eigenvalue weighted by molar-refractivity contribution is 0.101. The Hall–Kier alpha value is -1.23. The van der Waals surface area contributed by atoms with Gasteiger partial charge in [0.1, 0.15) is 11.6 Å². The van der Waals surface area contributed by atoms with Crippen LogP contribution in [0.1, 0.15) is 11.6 Å². The molecular weight excluding hydrogens is 207 g/mol. The van der Waals surface area contributed by atoms with Gasteiger partial charge < -0.3 is 10.1 Å². The van der Waals surface area contributed by atoms with Crippen LogP contribution in [0.2, 0.25) is 0 Å². The van der Waals surface area contributed by atoms with Crippen LogP contribution in [-0.2, 0) is 0 Å². The summed E-state index contributed by atoms with van der Waals surface area (Å²) in [6.45, 7) is 0. The van der Waals surface area contributed by atoms with E-state index in [0.29, 0.717) is 0 Å². The van der Waals surface area contributed by atoms with Crippen molar-refractivity contribution in [3.63, 3.8) is 0 Å². The van der Waals surface area contributed by atoms with Crippen LogP contribution in [0.4, 0.5) is 13.2 Å². The van der Waals surface area contributed by atoms with E-state index in [4.69, 9.17) is 4.74 Å². The van der Waals surface area contributed by atoms with Gasteiger partial charge in [-0.3, -0.25) is 0 Å². The van der Waals surface area contributed by atoms with Gasteiger partial charge in [0.25, 0.3) is 6.43 Å². The third-order valence-electron chi connectivity index (χ3n) is 2.09.